The van der Waals surface area contributed by atoms with Crippen molar-refractivity contribution in [3.8, 4) is 0 Å². The first kappa shape index (κ1) is 28.4. The highest BCUT2D eigenvalue weighted by atomic mass is 35.5. The van der Waals surface area contributed by atoms with Crippen molar-refractivity contribution in [2.45, 2.75) is 26.2 Å². The summed E-state index contributed by atoms with van der Waals surface area (Å²) in [7, 11) is 0. The minimum Gasteiger partial charge on any atom is -0.312 e. The SMILES string of the molecule is C=CCn1cnc2c(nnn2Cc2ccc(Cl)nc2)c1=N.C=CCn1cnc2c(nnn2Cc2ccc(Cl)nc2)c1=N. The number of nitrogens with one attached hydrogen (secondary N) is 2. The third kappa shape index (κ3) is 6.14. The van der Waals surface area contributed by atoms with E-state index < -0.39 is 0 Å². The molecule has 0 aliphatic rings. The summed E-state index contributed by atoms with van der Waals surface area (Å²) in [4.78, 5) is 16.7. The lowest BCUT2D eigenvalue weighted by Gasteiger charge is -2.04. The molecule has 14 nitrogen and oxygen atoms in total. The van der Waals surface area contributed by atoms with Crippen LogP contribution in [-0.4, -0.2) is 59.1 Å². The highest BCUT2D eigenvalue weighted by molar-refractivity contribution is 6.29. The molecule has 0 saturated heterocycles. The summed E-state index contributed by atoms with van der Waals surface area (Å²) in [5.41, 5.74) is 4.44. The van der Waals surface area contributed by atoms with E-state index in [4.69, 9.17) is 34.0 Å². The van der Waals surface area contributed by atoms with E-state index in [0.717, 1.165) is 11.1 Å². The summed E-state index contributed by atoms with van der Waals surface area (Å²) >= 11 is 11.5. The summed E-state index contributed by atoms with van der Waals surface area (Å²) in [6.45, 7) is 9.27. The van der Waals surface area contributed by atoms with Gasteiger partial charge in [0, 0.05) is 25.5 Å². The van der Waals surface area contributed by atoms with Crippen LogP contribution in [0.5, 0.6) is 0 Å². The smallest absolute Gasteiger partial charge is 0.184 e. The Labute approximate surface area is 248 Å². The molecule has 0 aliphatic carbocycles. The molecule has 0 amide bonds. The second-order valence-corrected chi connectivity index (χ2v) is 9.66. The average molecular weight is 603 g/mol. The van der Waals surface area contributed by atoms with Crippen LogP contribution in [0, 0.1) is 10.8 Å². The number of hydrogen-bond donors (Lipinski definition) is 2. The Hall–Kier alpha value is -5.08. The van der Waals surface area contributed by atoms with E-state index in [-0.39, 0.29) is 11.0 Å². The molecule has 6 rings (SSSR count). The molecule has 0 aromatic carbocycles. The maximum atomic E-state index is 8.09. The summed E-state index contributed by atoms with van der Waals surface area (Å²) in [6, 6.07) is 7.17. The Morgan fingerprint density at radius 2 is 1.10 bits per heavy atom. The lowest BCUT2D eigenvalue weighted by molar-refractivity contribution is 0.661. The predicted molar refractivity (Wildman–Crippen MR) is 155 cm³/mol. The molecule has 0 saturated carbocycles. The van der Waals surface area contributed by atoms with E-state index in [1.54, 1.807) is 67.8 Å². The molecule has 6 heterocycles. The van der Waals surface area contributed by atoms with Crippen molar-refractivity contribution in [1.29, 1.82) is 10.8 Å². The molecule has 6 aromatic heterocycles. The van der Waals surface area contributed by atoms with Gasteiger partial charge in [-0.05, 0) is 23.3 Å². The monoisotopic (exact) mass is 602 g/mol. The Bertz CT molecular complexity index is 1840. The number of rotatable bonds is 8. The van der Waals surface area contributed by atoms with Crippen LogP contribution in [-0.2, 0) is 26.2 Å². The number of nitrogens with zero attached hydrogens (tertiary/aromatic N) is 12. The van der Waals surface area contributed by atoms with Gasteiger partial charge in [-0.25, -0.2) is 29.3 Å². The van der Waals surface area contributed by atoms with Gasteiger partial charge in [-0.15, -0.1) is 23.4 Å². The first-order valence-electron chi connectivity index (χ1n) is 12.5. The van der Waals surface area contributed by atoms with Gasteiger partial charge in [-0.2, -0.15) is 0 Å². The Morgan fingerprint density at radius 1 is 0.667 bits per heavy atom. The van der Waals surface area contributed by atoms with Gasteiger partial charge in [-0.1, -0.05) is 57.9 Å². The van der Waals surface area contributed by atoms with Crippen LogP contribution in [0.3, 0.4) is 0 Å². The van der Waals surface area contributed by atoms with Crippen molar-refractivity contribution >= 4 is 45.5 Å². The molecule has 212 valence electrons. The van der Waals surface area contributed by atoms with Gasteiger partial charge < -0.3 is 9.13 Å². The second-order valence-electron chi connectivity index (χ2n) is 8.89. The molecule has 6 aromatic rings. The zero-order chi connectivity index (χ0) is 29.6. The summed E-state index contributed by atoms with van der Waals surface area (Å²) in [5, 5.41) is 33.3. The number of aromatic nitrogens is 12. The van der Waals surface area contributed by atoms with Crippen LogP contribution in [0.1, 0.15) is 11.1 Å². The summed E-state index contributed by atoms with van der Waals surface area (Å²) < 4.78 is 6.57. The van der Waals surface area contributed by atoms with E-state index in [2.05, 4.69) is 53.7 Å². The van der Waals surface area contributed by atoms with Gasteiger partial charge in [-0.3, -0.25) is 10.8 Å². The van der Waals surface area contributed by atoms with Gasteiger partial charge in [0.1, 0.15) is 10.3 Å². The van der Waals surface area contributed by atoms with Crippen LogP contribution in [0.15, 0.2) is 74.6 Å². The van der Waals surface area contributed by atoms with Crippen LogP contribution in [0.4, 0.5) is 0 Å². The van der Waals surface area contributed by atoms with Crippen molar-refractivity contribution in [3.63, 3.8) is 0 Å². The van der Waals surface area contributed by atoms with E-state index in [1.165, 1.54) is 0 Å². The third-order valence-corrected chi connectivity index (χ3v) is 6.42. The molecule has 42 heavy (non-hydrogen) atoms. The highest BCUT2D eigenvalue weighted by Gasteiger charge is 2.11. The van der Waals surface area contributed by atoms with Crippen molar-refractivity contribution in [2.75, 3.05) is 0 Å². The molecule has 0 radical (unpaired) electrons. The quantitative estimate of drug-likeness (QED) is 0.198. The number of fused-ring (bicyclic) bond motifs is 2. The lowest BCUT2D eigenvalue weighted by Crippen LogP contribution is -2.20. The Morgan fingerprint density at radius 3 is 1.45 bits per heavy atom. The summed E-state index contributed by atoms with van der Waals surface area (Å²) in [5.74, 6) is 0. The van der Waals surface area contributed by atoms with Gasteiger partial charge >= 0.3 is 0 Å². The van der Waals surface area contributed by atoms with E-state index in [1.807, 2.05) is 12.1 Å². The van der Waals surface area contributed by atoms with Crippen LogP contribution in [0.25, 0.3) is 22.3 Å². The fourth-order valence-corrected chi connectivity index (χ4v) is 4.15. The lowest BCUT2D eigenvalue weighted by atomic mass is 10.3. The molecule has 0 unspecified atom stereocenters. The zero-order valence-corrected chi connectivity index (χ0v) is 23.7. The fourth-order valence-electron chi connectivity index (χ4n) is 3.93. The Kier molecular flexibility index (Phi) is 8.55. The minimum atomic E-state index is 0.264. The number of allylic oxidation sites excluding steroid dienone is 2. The van der Waals surface area contributed by atoms with Crippen molar-refractivity contribution < 1.29 is 0 Å². The Balaban J connectivity index is 0.000000168. The van der Waals surface area contributed by atoms with Gasteiger partial charge in [0.05, 0.1) is 25.7 Å². The van der Waals surface area contributed by atoms with E-state index in [0.29, 0.717) is 58.8 Å². The maximum absolute atomic E-state index is 8.09. The number of pyridine rings is 2. The van der Waals surface area contributed by atoms with Crippen molar-refractivity contribution in [3.05, 3.63) is 107 Å². The molecule has 0 atom stereocenters. The van der Waals surface area contributed by atoms with E-state index >= 15 is 0 Å². The minimum absolute atomic E-state index is 0.264. The fraction of sp³-hybridized carbons (Fsp3) is 0.154. The first-order chi connectivity index (χ1) is 20.4. The first-order valence-corrected chi connectivity index (χ1v) is 13.2. The topological polar surface area (TPSA) is 171 Å². The molecular formula is C26H24Cl2N14. The van der Waals surface area contributed by atoms with Crippen LogP contribution < -0.4 is 11.0 Å². The largest absolute Gasteiger partial charge is 0.312 e. The molecule has 2 N–H and O–H groups in total. The van der Waals surface area contributed by atoms with Gasteiger partial charge in [0.15, 0.2) is 33.3 Å². The normalized spacial score (nSPS) is 10.9. The molecular weight excluding hydrogens is 579 g/mol. The molecule has 0 spiro atoms. The summed E-state index contributed by atoms with van der Waals surface area (Å²) in [6.07, 6.45) is 9.94. The molecule has 16 heteroatoms. The maximum Gasteiger partial charge on any atom is 0.184 e. The van der Waals surface area contributed by atoms with Gasteiger partial charge in [0.2, 0.25) is 0 Å². The van der Waals surface area contributed by atoms with Crippen molar-refractivity contribution in [1.82, 2.24) is 59.1 Å². The molecule has 0 fully saturated rings. The van der Waals surface area contributed by atoms with Crippen molar-refractivity contribution in [2.24, 2.45) is 0 Å². The van der Waals surface area contributed by atoms with Crippen LogP contribution in [0.2, 0.25) is 10.3 Å². The molecule has 0 bridgehead atoms. The number of hydrogen-bond acceptors (Lipinski definition) is 10. The zero-order valence-electron chi connectivity index (χ0n) is 22.1. The second kappa shape index (κ2) is 12.6. The molecule has 0 aliphatic heterocycles. The predicted octanol–water partition coefficient (Wildman–Crippen LogP) is 2.78. The van der Waals surface area contributed by atoms with Gasteiger partial charge in [0.25, 0.3) is 0 Å². The van der Waals surface area contributed by atoms with Crippen LogP contribution >= 0.6 is 23.2 Å². The number of halogens is 2. The van der Waals surface area contributed by atoms with E-state index in [9.17, 15) is 0 Å². The highest BCUT2D eigenvalue weighted by Crippen LogP contribution is 2.11. The third-order valence-electron chi connectivity index (χ3n) is 5.97. The standard InChI is InChI=1S/2C13H12ClN7/c2*1-2-5-20-8-17-13-11(12(20)15)18-19-21(13)7-9-3-4-10(14)16-6-9/h2*2-4,6,8,15H,1,5,7H2. The average Bonchev–Trinajstić information content (AvgIpc) is 3.59.